The highest BCUT2D eigenvalue weighted by molar-refractivity contribution is 9.10. The van der Waals surface area contributed by atoms with Gasteiger partial charge < -0.3 is 5.32 Å². The van der Waals surface area contributed by atoms with Gasteiger partial charge in [0.15, 0.2) is 0 Å². The van der Waals surface area contributed by atoms with Gasteiger partial charge in [-0.1, -0.05) is 34.1 Å². The molecule has 0 radical (unpaired) electrons. The molecule has 1 amide bonds. The molecule has 26 heavy (non-hydrogen) atoms. The summed E-state index contributed by atoms with van der Waals surface area (Å²) in [5.41, 5.74) is 2.56. The molecule has 0 aliphatic rings. The van der Waals surface area contributed by atoms with Gasteiger partial charge in [0.05, 0.1) is 17.0 Å². The zero-order chi connectivity index (χ0) is 18.7. The summed E-state index contributed by atoms with van der Waals surface area (Å²) in [5, 5.41) is 16.4. The lowest BCUT2D eigenvalue weighted by Gasteiger charge is -2.05. The van der Waals surface area contributed by atoms with Gasteiger partial charge in [-0.25, -0.2) is 4.98 Å². The summed E-state index contributed by atoms with van der Waals surface area (Å²) in [6, 6.07) is 12.4. The van der Waals surface area contributed by atoms with Crippen LogP contribution in [0.4, 0.5) is 11.4 Å². The Balaban J connectivity index is 1.69. The second-order valence-corrected chi connectivity index (χ2v) is 7.41. The Morgan fingerprint density at radius 3 is 2.85 bits per heavy atom. The molecule has 0 unspecified atom stereocenters. The second kappa shape index (κ2) is 7.76. The molecule has 6 nitrogen and oxygen atoms in total. The standard InChI is InChI=1S/C18H14BrN3O3S/c1-11-5-6-14(8-16(11)22(24)25)20-17(23)9-15-10-26-18(21-15)12-3-2-4-13(19)7-12/h2-8,10H,9H2,1H3,(H,20,23). The van der Waals surface area contributed by atoms with Gasteiger partial charge in [0.1, 0.15) is 5.01 Å². The van der Waals surface area contributed by atoms with E-state index in [0.29, 0.717) is 16.9 Å². The lowest BCUT2D eigenvalue weighted by Crippen LogP contribution is -2.14. The molecule has 0 saturated heterocycles. The van der Waals surface area contributed by atoms with Crippen molar-refractivity contribution in [3.05, 3.63) is 73.7 Å². The quantitative estimate of drug-likeness (QED) is 0.456. The molecule has 0 saturated carbocycles. The van der Waals surface area contributed by atoms with Crippen molar-refractivity contribution in [1.82, 2.24) is 4.98 Å². The van der Waals surface area contributed by atoms with Crippen LogP contribution in [0.1, 0.15) is 11.3 Å². The Bertz CT molecular complexity index is 987. The molecular weight excluding hydrogens is 418 g/mol. The number of thiazole rings is 1. The molecular formula is C18H14BrN3O3S. The van der Waals surface area contributed by atoms with Gasteiger partial charge >= 0.3 is 0 Å². The molecule has 132 valence electrons. The number of hydrogen-bond acceptors (Lipinski definition) is 5. The van der Waals surface area contributed by atoms with Crippen LogP contribution in [-0.2, 0) is 11.2 Å². The smallest absolute Gasteiger partial charge is 0.274 e. The number of nitrogens with zero attached hydrogens (tertiary/aromatic N) is 2. The Kier molecular flexibility index (Phi) is 5.43. The monoisotopic (exact) mass is 431 g/mol. The van der Waals surface area contributed by atoms with Gasteiger partial charge in [-0.05, 0) is 25.1 Å². The van der Waals surface area contributed by atoms with E-state index in [-0.39, 0.29) is 18.0 Å². The Hall–Kier alpha value is -2.58. The summed E-state index contributed by atoms with van der Waals surface area (Å²) in [7, 11) is 0. The number of aromatic nitrogens is 1. The van der Waals surface area contributed by atoms with Crippen molar-refractivity contribution in [3.8, 4) is 10.6 Å². The van der Waals surface area contributed by atoms with Gasteiger partial charge in [-0.2, -0.15) is 0 Å². The Morgan fingerprint density at radius 1 is 1.31 bits per heavy atom. The van der Waals surface area contributed by atoms with Gasteiger partial charge in [0.2, 0.25) is 5.91 Å². The van der Waals surface area contributed by atoms with Crippen LogP contribution >= 0.6 is 27.3 Å². The molecule has 0 atom stereocenters. The summed E-state index contributed by atoms with van der Waals surface area (Å²) in [6.45, 7) is 1.66. The van der Waals surface area contributed by atoms with Gasteiger partial charge in [0.25, 0.3) is 5.69 Å². The number of aryl methyl sites for hydroxylation is 1. The molecule has 1 aromatic heterocycles. The van der Waals surface area contributed by atoms with Crippen molar-refractivity contribution in [2.45, 2.75) is 13.3 Å². The number of hydrogen-bond donors (Lipinski definition) is 1. The molecule has 3 aromatic rings. The van der Waals surface area contributed by atoms with Crippen molar-refractivity contribution in [1.29, 1.82) is 0 Å². The minimum absolute atomic E-state index is 0.0200. The van der Waals surface area contributed by atoms with Crippen LogP contribution in [0.15, 0.2) is 52.3 Å². The van der Waals surface area contributed by atoms with E-state index < -0.39 is 4.92 Å². The Morgan fingerprint density at radius 2 is 2.12 bits per heavy atom. The van der Waals surface area contributed by atoms with Crippen LogP contribution in [0, 0.1) is 17.0 Å². The zero-order valence-corrected chi connectivity index (χ0v) is 16.1. The average molecular weight is 432 g/mol. The van der Waals surface area contributed by atoms with Crippen molar-refractivity contribution < 1.29 is 9.72 Å². The van der Waals surface area contributed by atoms with E-state index in [1.54, 1.807) is 19.1 Å². The van der Waals surface area contributed by atoms with Crippen LogP contribution in [-0.4, -0.2) is 15.8 Å². The van der Waals surface area contributed by atoms with Gasteiger partial charge in [0, 0.05) is 32.7 Å². The van der Waals surface area contributed by atoms with Crippen LogP contribution < -0.4 is 5.32 Å². The highest BCUT2D eigenvalue weighted by atomic mass is 79.9. The van der Waals surface area contributed by atoms with E-state index in [1.165, 1.54) is 17.4 Å². The number of halogens is 1. The normalized spacial score (nSPS) is 10.5. The third-order valence-electron chi connectivity index (χ3n) is 3.65. The molecule has 3 rings (SSSR count). The number of anilines is 1. The summed E-state index contributed by atoms with van der Waals surface area (Å²) < 4.78 is 0.963. The molecule has 8 heteroatoms. The van der Waals surface area contributed by atoms with Crippen molar-refractivity contribution >= 4 is 44.5 Å². The largest absolute Gasteiger partial charge is 0.325 e. The number of nitro benzene ring substituents is 1. The first-order valence-electron chi connectivity index (χ1n) is 7.67. The first-order chi connectivity index (χ1) is 12.4. The molecule has 0 fully saturated rings. The number of carbonyl (C=O) groups excluding carboxylic acids is 1. The summed E-state index contributed by atoms with van der Waals surface area (Å²) in [6.07, 6.45) is 0.103. The minimum atomic E-state index is -0.463. The van der Waals surface area contributed by atoms with Crippen molar-refractivity contribution in [2.24, 2.45) is 0 Å². The maximum absolute atomic E-state index is 12.2. The fraction of sp³-hybridized carbons (Fsp3) is 0.111. The van der Waals surface area contributed by atoms with Gasteiger partial charge in [-0.15, -0.1) is 11.3 Å². The zero-order valence-electron chi connectivity index (χ0n) is 13.7. The SMILES string of the molecule is Cc1ccc(NC(=O)Cc2csc(-c3cccc(Br)c3)n2)cc1[N+](=O)[O-]. The number of nitrogens with one attached hydrogen (secondary N) is 1. The van der Waals surface area contributed by atoms with E-state index in [9.17, 15) is 14.9 Å². The molecule has 1 N–H and O–H groups in total. The molecule has 2 aromatic carbocycles. The number of amides is 1. The highest BCUT2D eigenvalue weighted by Crippen LogP contribution is 2.27. The summed E-state index contributed by atoms with van der Waals surface area (Å²) in [4.78, 5) is 27.2. The van der Waals surface area contributed by atoms with E-state index in [2.05, 4.69) is 26.2 Å². The fourth-order valence-electron chi connectivity index (χ4n) is 2.40. The predicted molar refractivity (Wildman–Crippen MR) is 105 cm³/mol. The highest BCUT2D eigenvalue weighted by Gasteiger charge is 2.14. The number of benzene rings is 2. The molecule has 0 bridgehead atoms. The lowest BCUT2D eigenvalue weighted by atomic mass is 10.2. The average Bonchev–Trinajstić information content (AvgIpc) is 3.04. The second-order valence-electron chi connectivity index (χ2n) is 5.64. The number of rotatable bonds is 5. The molecule has 0 aliphatic carbocycles. The van der Waals surface area contributed by atoms with E-state index in [1.807, 2.05) is 29.6 Å². The first-order valence-corrected chi connectivity index (χ1v) is 9.35. The maximum atomic E-state index is 12.2. The van der Waals surface area contributed by atoms with Crippen LogP contribution in [0.3, 0.4) is 0 Å². The van der Waals surface area contributed by atoms with Crippen LogP contribution in [0.2, 0.25) is 0 Å². The molecule has 1 heterocycles. The number of carbonyl (C=O) groups is 1. The molecule has 0 aliphatic heterocycles. The van der Waals surface area contributed by atoms with E-state index in [4.69, 9.17) is 0 Å². The molecule has 0 spiro atoms. The van der Waals surface area contributed by atoms with E-state index in [0.717, 1.165) is 15.0 Å². The minimum Gasteiger partial charge on any atom is -0.325 e. The Labute approximate surface area is 162 Å². The first kappa shape index (κ1) is 18.2. The fourth-order valence-corrected chi connectivity index (χ4v) is 3.61. The topological polar surface area (TPSA) is 85.1 Å². The third kappa shape index (κ3) is 4.33. The summed E-state index contributed by atoms with van der Waals surface area (Å²) in [5.74, 6) is -0.269. The third-order valence-corrected chi connectivity index (χ3v) is 5.09. The predicted octanol–water partition coefficient (Wildman–Crippen LogP) is 4.97. The van der Waals surface area contributed by atoms with Gasteiger partial charge in [-0.3, -0.25) is 14.9 Å². The van der Waals surface area contributed by atoms with Crippen LogP contribution in [0.25, 0.3) is 10.6 Å². The number of nitro groups is 1. The van der Waals surface area contributed by atoms with Crippen molar-refractivity contribution in [3.63, 3.8) is 0 Å². The van der Waals surface area contributed by atoms with E-state index >= 15 is 0 Å². The summed E-state index contributed by atoms with van der Waals surface area (Å²) >= 11 is 4.90. The van der Waals surface area contributed by atoms with Crippen LogP contribution in [0.5, 0.6) is 0 Å². The van der Waals surface area contributed by atoms with Crippen molar-refractivity contribution in [2.75, 3.05) is 5.32 Å². The maximum Gasteiger partial charge on any atom is 0.274 e. The lowest BCUT2D eigenvalue weighted by molar-refractivity contribution is -0.385.